The van der Waals surface area contributed by atoms with Crippen LogP contribution in [0.1, 0.15) is 25.6 Å². The van der Waals surface area contributed by atoms with Crippen LogP contribution in [-0.2, 0) is 4.79 Å². The number of anilines is 1. The Balaban J connectivity index is 2.01. The second kappa shape index (κ2) is 8.43. The first-order valence-corrected chi connectivity index (χ1v) is 11.0. The van der Waals surface area contributed by atoms with E-state index in [-0.39, 0.29) is 5.91 Å². The fourth-order valence-electron chi connectivity index (χ4n) is 3.78. The molecule has 0 spiro atoms. The molecule has 8 nitrogen and oxygen atoms in total. The van der Waals surface area contributed by atoms with E-state index in [1.807, 2.05) is 37.3 Å². The van der Waals surface area contributed by atoms with Gasteiger partial charge in [0, 0.05) is 17.6 Å². The van der Waals surface area contributed by atoms with Crippen molar-refractivity contribution in [3.05, 3.63) is 48.0 Å². The molecule has 1 unspecified atom stereocenters. The summed E-state index contributed by atoms with van der Waals surface area (Å²) in [5.41, 5.74) is 2.31. The van der Waals surface area contributed by atoms with Gasteiger partial charge in [0.1, 0.15) is 0 Å². The van der Waals surface area contributed by atoms with Crippen LogP contribution in [0.3, 0.4) is 0 Å². The van der Waals surface area contributed by atoms with Gasteiger partial charge in [-0.1, -0.05) is 28.6 Å². The summed E-state index contributed by atoms with van der Waals surface area (Å²) in [6, 6.07) is 12.7. The average Bonchev–Trinajstić information content (AvgIpc) is 2.78. The summed E-state index contributed by atoms with van der Waals surface area (Å²) >= 11 is 1.27. The smallest absolute Gasteiger partial charge is 0.293 e. The largest absolute Gasteiger partial charge is 0.854 e. The lowest BCUT2D eigenvalue weighted by atomic mass is 10.0. The molecule has 1 amide bonds. The van der Waals surface area contributed by atoms with Gasteiger partial charge in [-0.05, 0) is 43.5 Å². The first kappa shape index (κ1) is 20.9. The minimum Gasteiger partial charge on any atom is -0.854 e. The quantitative estimate of drug-likeness (QED) is 0.447. The van der Waals surface area contributed by atoms with Crippen LogP contribution in [0.5, 0.6) is 17.4 Å². The lowest BCUT2D eigenvalue weighted by molar-refractivity contribution is -0.764. The number of ether oxygens (including phenoxy) is 2. The first-order chi connectivity index (χ1) is 15.0. The fourth-order valence-corrected chi connectivity index (χ4v) is 4.12. The van der Waals surface area contributed by atoms with Gasteiger partial charge in [-0.15, -0.1) is 0 Å². The molecule has 2 heterocycles. The topological polar surface area (TPSA) is 91.5 Å². The molecule has 0 bridgehead atoms. The molecular weight excluding hydrogens is 416 g/mol. The van der Waals surface area contributed by atoms with Gasteiger partial charge in [0.2, 0.25) is 5.91 Å². The van der Waals surface area contributed by atoms with Crippen LogP contribution in [-0.4, -0.2) is 36.0 Å². The molecule has 0 aliphatic carbocycles. The maximum absolute atomic E-state index is 13.0. The molecule has 0 saturated carbocycles. The van der Waals surface area contributed by atoms with Crippen molar-refractivity contribution in [2.24, 2.45) is 0 Å². The highest BCUT2D eigenvalue weighted by molar-refractivity contribution is 7.98. The summed E-state index contributed by atoms with van der Waals surface area (Å²) in [6.07, 6.45) is 1.12. The first-order valence-electron chi connectivity index (χ1n) is 9.74. The Hall–Kier alpha value is -3.33. The van der Waals surface area contributed by atoms with E-state index in [0.29, 0.717) is 40.2 Å². The molecule has 31 heavy (non-hydrogen) atoms. The van der Waals surface area contributed by atoms with Crippen molar-refractivity contribution in [1.29, 1.82) is 0 Å². The van der Waals surface area contributed by atoms with Crippen molar-refractivity contribution < 1.29 is 24.1 Å². The standard InChI is InChI=1S/C22H22N4O4S/c1-5-30-17-11-10-14(12-18(17)29-3)21-25(13(2)27)16-9-7-6-8-15(16)19-20(28)23-22(31-4)24-26(19)21/h6-12,21H,5H2,1-4H3. The van der Waals surface area contributed by atoms with Crippen LogP contribution in [0, 0.1) is 0 Å². The van der Waals surface area contributed by atoms with Crippen LogP contribution in [0.2, 0.25) is 0 Å². The zero-order valence-electron chi connectivity index (χ0n) is 17.7. The van der Waals surface area contributed by atoms with Gasteiger partial charge in [-0.3, -0.25) is 4.79 Å². The number of amides is 1. The Labute approximate surface area is 184 Å². The molecule has 0 radical (unpaired) electrons. The van der Waals surface area contributed by atoms with E-state index in [2.05, 4.69) is 10.1 Å². The van der Waals surface area contributed by atoms with E-state index in [1.165, 1.54) is 18.7 Å². The third kappa shape index (κ3) is 3.54. The Morgan fingerprint density at radius 3 is 2.71 bits per heavy atom. The summed E-state index contributed by atoms with van der Waals surface area (Å²) in [6.45, 7) is 3.88. The number of thioether (sulfide) groups is 1. The molecule has 1 aliphatic heterocycles. The Morgan fingerprint density at radius 2 is 2.03 bits per heavy atom. The molecule has 1 aliphatic rings. The number of rotatable bonds is 5. The molecule has 0 fully saturated rings. The minimum absolute atomic E-state index is 0.180. The zero-order valence-corrected chi connectivity index (χ0v) is 18.5. The van der Waals surface area contributed by atoms with Gasteiger partial charge in [-0.2, -0.15) is 0 Å². The highest BCUT2D eigenvalue weighted by Gasteiger charge is 2.44. The van der Waals surface area contributed by atoms with Crippen molar-refractivity contribution in [2.45, 2.75) is 25.2 Å². The molecule has 1 aromatic heterocycles. The van der Waals surface area contributed by atoms with Crippen LogP contribution < -0.4 is 24.2 Å². The van der Waals surface area contributed by atoms with Crippen LogP contribution in [0.15, 0.2) is 47.6 Å². The molecule has 3 aromatic rings. The predicted molar refractivity (Wildman–Crippen MR) is 114 cm³/mol. The number of carbonyl (C=O) groups excluding carboxylic acids is 1. The van der Waals surface area contributed by atoms with E-state index >= 15 is 0 Å². The Kier molecular flexibility index (Phi) is 5.69. The van der Waals surface area contributed by atoms with Gasteiger partial charge in [0.15, 0.2) is 11.5 Å². The van der Waals surface area contributed by atoms with Gasteiger partial charge < -0.3 is 14.6 Å². The third-order valence-electron chi connectivity index (χ3n) is 5.02. The molecule has 0 N–H and O–H groups in total. The van der Waals surface area contributed by atoms with Crippen molar-refractivity contribution in [2.75, 3.05) is 24.9 Å². The average molecular weight is 439 g/mol. The number of benzene rings is 2. The minimum atomic E-state index is -0.687. The Morgan fingerprint density at radius 1 is 1.26 bits per heavy atom. The van der Waals surface area contributed by atoms with Gasteiger partial charge in [0.05, 0.1) is 30.8 Å². The molecule has 4 rings (SSSR count). The Bertz CT molecular complexity index is 1150. The van der Waals surface area contributed by atoms with Crippen molar-refractivity contribution in [1.82, 2.24) is 10.1 Å². The van der Waals surface area contributed by atoms with Crippen molar-refractivity contribution in [3.8, 4) is 28.6 Å². The molecule has 1 atom stereocenters. The number of methoxy groups -OCH3 is 1. The normalized spacial score (nSPS) is 14.6. The van der Waals surface area contributed by atoms with Crippen molar-refractivity contribution >= 4 is 23.4 Å². The van der Waals surface area contributed by atoms with E-state index in [9.17, 15) is 9.90 Å². The fraction of sp³-hybridized carbons (Fsp3) is 0.273. The number of hydrogen-bond acceptors (Lipinski definition) is 7. The number of fused-ring (bicyclic) bond motifs is 3. The van der Waals surface area contributed by atoms with Crippen LogP contribution in [0.25, 0.3) is 11.3 Å². The number of nitrogens with zero attached hydrogens (tertiary/aromatic N) is 4. The summed E-state index contributed by atoms with van der Waals surface area (Å²) in [7, 11) is 1.56. The second-order valence-electron chi connectivity index (χ2n) is 6.82. The SMILES string of the molecule is CCOc1ccc(C2N(C(C)=O)c3ccccc3-c3c([O-])nc(SC)n[n+]32)cc1OC. The third-order valence-corrected chi connectivity index (χ3v) is 5.56. The maximum atomic E-state index is 13.0. The molecule has 0 saturated heterocycles. The highest BCUT2D eigenvalue weighted by atomic mass is 32.2. The molecule has 160 valence electrons. The summed E-state index contributed by atoms with van der Waals surface area (Å²) in [5, 5.41) is 17.9. The predicted octanol–water partition coefficient (Wildman–Crippen LogP) is 2.55. The van der Waals surface area contributed by atoms with E-state index < -0.39 is 12.0 Å². The lowest BCUT2D eigenvalue weighted by Gasteiger charge is -2.33. The number of aromatic nitrogens is 3. The van der Waals surface area contributed by atoms with E-state index in [4.69, 9.17) is 9.47 Å². The molecule has 9 heteroatoms. The molecular formula is C22H22N4O4S. The van der Waals surface area contributed by atoms with Gasteiger partial charge in [-0.25, -0.2) is 9.88 Å². The van der Waals surface area contributed by atoms with Gasteiger partial charge in [0.25, 0.3) is 17.0 Å². The van der Waals surface area contributed by atoms with E-state index in [1.54, 1.807) is 35.1 Å². The second-order valence-corrected chi connectivity index (χ2v) is 7.59. The number of carbonyl (C=O) groups is 1. The maximum Gasteiger partial charge on any atom is 0.293 e. The monoisotopic (exact) mass is 438 g/mol. The van der Waals surface area contributed by atoms with Gasteiger partial charge >= 0.3 is 0 Å². The van der Waals surface area contributed by atoms with Crippen molar-refractivity contribution in [3.63, 3.8) is 0 Å². The number of para-hydroxylation sites is 1. The van der Waals surface area contributed by atoms with E-state index in [0.717, 1.165) is 5.56 Å². The number of hydrogen-bond donors (Lipinski definition) is 0. The summed E-state index contributed by atoms with van der Waals surface area (Å²) < 4.78 is 12.7. The zero-order chi connectivity index (χ0) is 22.1. The van der Waals surface area contributed by atoms with Crippen LogP contribution in [0.4, 0.5) is 5.69 Å². The summed E-state index contributed by atoms with van der Waals surface area (Å²) in [4.78, 5) is 18.6. The van der Waals surface area contributed by atoms with Crippen LogP contribution >= 0.6 is 11.8 Å². The lowest BCUT2D eigenvalue weighted by Crippen LogP contribution is -2.58. The summed E-state index contributed by atoms with van der Waals surface area (Å²) in [5.74, 6) is 0.560. The highest BCUT2D eigenvalue weighted by Crippen LogP contribution is 2.42. The molecule has 2 aromatic carbocycles.